The summed E-state index contributed by atoms with van der Waals surface area (Å²) in [6.45, 7) is 2.22. The first-order valence-corrected chi connectivity index (χ1v) is 11.5. The van der Waals surface area contributed by atoms with Crippen LogP contribution in [0.15, 0.2) is 54.6 Å². The lowest BCUT2D eigenvalue weighted by Crippen LogP contribution is -2.11. The van der Waals surface area contributed by atoms with Gasteiger partial charge in [-0.3, -0.25) is 0 Å². The maximum absolute atomic E-state index is 13.6. The Labute approximate surface area is 188 Å². The second-order valence-corrected chi connectivity index (χ2v) is 8.63. The molecule has 0 atom stereocenters. The molecule has 32 heavy (non-hydrogen) atoms. The number of alkyl halides is 3. The van der Waals surface area contributed by atoms with Gasteiger partial charge in [-0.1, -0.05) is 61.9 Å². The first-order chi connectivity index (χ1) is 15.4. The minimum Gasteiger partial charge on any atom is -0.206 e. The Kier molecular flexibility index (Phi) is 8.56. The Bertz CT molecular complexity index is 950. The quantitative estimate of drug-likeness (QED) is 0.239. The average molecular weight is 443 g/mol. The van der Waals surface area contributed by atoms with Crippen molar-refractivity contribution in [2.45, 2.75) is 70.4 Å². The van der Waals surface area contributed by atoms with Crippen molar-refractivity contribution in [3.63, 3.8) is 0 Å². The van der Waals surface area contributed by atoms with E-state index in [2.05, 4.69) is 49.1 Å². The Hall–Kier alpha value is -2.54. The predicted molar refractivity (Wildman–Crippen MR) is 122 cm³/mol. The van der Waals surface area contributed by atoms with Gasteiger partial charge in [-0.2, -0.15) is 13.2 Å². The van der Waals surface area contributed by atoms with E-state index < -0.39 is 17.6 Å². The molecule has 170 valence electrons. The van der Waals surface area contributed by atoms with Crippen LogP contribution in [-0.2, 0) is 12.6 Å². The van der Waals surface area contributed by atoms with Gasteiger partial charge in [0.2, 0.25) is 0 Å². The molecule has 0 aliphatic heterocycles. The third-order valence-electron chi connectivity index (χ3n) is 6.23. The first kappa shape index (κ1) is 24.1. The van der Waals surface area contributed by atoms with Crippen molar-refractivity contribution in [2.24, 2.45) is 5.92 Å². The van der Waals surface area contributed by atoms with Crippen LogP contribution in [0.4, 0.5) is 17.6 Å². The smallest absolute Gasteiger partial charge is 0.206 e. The van der Waals surface area contributed by atoms with Crippen molar-refractivity contribution >= 4 is 0 Å². The normalized spacial score (nSPS) is 19.0. The highest BCUT2D eigenvalue weighted by atomic mass is 19.4. The molecule has 0 heterocycles. The number of benzene rings is 2. The molecule has 2 aromatic rings. The van der Waals surface area contributed by atoms with Crippen molar-refractivity contribution in [1.29, 1.82) is 0 Å². The summed E-state index contributed by atoms with van der Waals surface area (Å²) in [5.74, 6) is 5.31. The molecule has 3 rings (SSSR count). The molecule has 0 nitrogen and oxygen atoms in total. The van der Waals surface area contributed by atoms with E-state index in [0.717, 1.165) is 44.2 Å². The highest BCUT2D eigenvalue weighted by Crippen LogP contribution is 2.36. The zero-order chi connectivity index (χ0) is 23.0. The molecule has 0 N–H and O–H groups in total. The summed E-state index contributed by atoms with van der Waals surface area (Å²) in [5.41, 5.74) is 1.82. The molecule has 4 heteroatoms. The topological polar surface area (TPSA) is 0 Å². The summed E-state index contributed by atoms with van der Waals surface area (Å²) in [6, 6.07) is 11.9. The maximum Gasteiger partial charge on any atom is 0.419 e. The fourth-order valence-corrected chi connectivity index (χ4v) is 4.31. The fourth-order valence-electron chi connectivity index (χ4n) is 4.31. The van der Waals surface area contributed by atoms with Crippen LogP contribution in [0.3, 0.4) is 0 Å². The molecule has 0 aromatic heterocycles. The van der Waals surface area contributed by atoms with Crippen molar-refractivity contribution in [2.75, 3.05) is 0 Å². The van der Waals surface area contributed by atoms with E-state index in [-0.39, 0.29) is 5.56 Å². The predicted octanol–water partition coefficient (Wildman–Crippen LogP) is 8.46. The van der Waals surface area contributed by atoms with Crippen LogP contribution in [0.25, 0.3) is 0 Å². The summed E-state index contributed by atoms with van der Waals surface area (Å²) >= 11 is 0. The molecular formula is C28H30F4. The van der Waals surface area contributed by atoms with E-state index in [4.69, 9.17) is 0 Å². The van der Waals surface area contributed by atoms with E-state index in [1.54, 1.807) is 6.08 Å². The molecule has 0 bridgehead atoms. The van der Waals surface area contributed by atoms with Gasteiger partial charge in [0.15, 0.2) is 0 Å². The molecule has 1 aliphatic carbocycles. The molecule has 1 aliphatic rings. The molecule has 0 amide bonds. The van der Waals surface area contributed by atoms with Gasteiger partial charge in [0.25, 0.3) is 0 Å². The summed E-state index contributed by atoms with van der Waals surface area (Å²) in [4.78, 5) is 0. The van der Waals surface area contributed by atoms with Gasteiger partial charge in [0, 0.05) is 5.56 Å². The lowest BCUT2D eigenvalue weighted by atomic mass is 9.78. The molecule has 0 saturated heterocycles. The summed E-state index contributed by atoms with van der Waals surface area (Å²) in [5, 5.41) is 0. The Balaban J connectivity index is 1.48. The number of unbranched alkanes of at least 4 members (excludes halogenated alkanes) is 2. The van der Waals surface area contributed by atoms with Crippen LogP contribution < -0.4 is 0 Å². The maximum atomic E-state index is 13.6. The number of allylic oxidation sites excluding steroid dienone is 2. The number of rotatable bonds is 6. The van der Waals surface area contributed by atoms with E-state index >= 15 is 0 Å². The second kappa shape index (κ2) is 11.4. The molecule has 1 fully saturated rings. The molecule has 0 radical (unpaired) electrons. The van der Waals surface area contributed by atoms with Crippen LogP contribution in [0, 0.1) is 23.6 Å². The monoisotopic (exact) mass is 442 g/mol. The lowest BCUT2D eigenvalue weighted by molar-refractivity contribution is -0.140. The van der Waals surface area contributed by atoms with E-state index in [9.17, 15) is 17.6 Å². The largest absolute Gasteiger partial charge is 0.419 e. The van der Waals surface area contributed by atoms with Gasteiger partial charge in [0.05, 0.1) is 5.56 Å². The van der Waals surface area contributed by atoms with E-state index in [0.29, 0.717) is 11.8 Å². The molecule has 0 unspecified atom stereocenters. The Morgan fingerprint density at radius 1 is 0.969 bits per heavy atom. The Morgan fingerprint density at radius 2 is 1.69 bits per heavy atom. The van der Waals surface area contributed by atoms with Gasteiger partial charge >= 0.3 is 6.18 Å². The first-order valence-electron chi connectivity index (χ1n) is 11.5. The summed E-state index contributed by atoms with van der Waals surface area (Å²) in [7, 11) is 0. The van der Waals surface area contributed by atoms with Gasteiger partial charge in [-0.25, -0.2) is 4.39 Å². The third-order valence-corrected chi connectivity index (χ3v) is 6.23. The highest BCUT2D eigenvalue weighted by molar-refractivity contribution is 5.40. The third kappa shape index (κ3) is 6.99. The number of hydrogen-bond acceptors (Lipinski definition) is 0. The van der Waals surface area contributed by atoms with Crippen molar-refractivity contribution in [3.05, 3.63) is 82.7 Å². The van der Waals surface area contributed by atoms with Gasteiger partial charge in [0.1, 0.15) is 5.82 Å². The van der Waals surface area contributed by atoms with Crippen molar-refractivity contribution < 1.29 is 17.6 Å². The zero-order valence-corrected chi connectivity index (χ0v) is 18.5. The number of aryl methyl sites for hydroxylation is 1. The Morgan fingerprint density at radius 3 is 2.31 bits per heavy atom. The zero-order valence-electron chi connectivity index (χ0n) is 18.5. The molecule has 2 aromatic carbocycles. The highest BCUT2D eigenvalue weighted by Gasteiger charge is 2.33. The van der Waals surface area contributed by atoms with Gasteiger partial charge < -0.3 is 0 Å². The van der Waals surface area contributed by atoms with Crippen molar-refractivity contribution in [3.8, 4) is 11.8 Å². The SMILES string of the molecule is CCCCCc1ccc(C2CCC(/C=C/C#Cc3ccc(C(F)(F)F)c(F)c3)CC2)cc1. The number of halogens is 4. The van der Waals surface area contributed by atoms with Crippen LogP contribution >= 0.6 is 0 Å². The molecular weight excluding hydrogens is 412 g/mol. The van der Waals surface area contributed by atoms with E-state index in [1.165, 1.54) is 36.5 Å². The van der Waals surface area contributed by atoms with Crippen LogP contribution in [0.5, 0.6) is 0 Å². The summed E-state index contributed by atoms with van der Waals surface area (Å²) < 4.78 is 51.5. The fraction of sp³-hybridized carbons (Fsp3) is 0.429. The minimum absolute atomic E-state index is 0.238. The lowest BCUT2D eigenvalue weighted by Gasteiger charge is -2.27. The minimum atomic E-state index is -4.69. The molecule has 1 saturated carbocycles. The van der Waals surface area contributed by atoms with Crippen LogP contribution in [0.2, 0.25) is 0 Å². The second-order valence-electron chi connectivity index (χ2n) is 8.63. The van der Waals surface area contributed by atoms with Crippen molar-refractivity contribution in [1.82, 2.24) is 0 Å². The summed E-state index contributed by atoms with van der Waals surface area (Å²) in [6.07, 6.45) is 8.53. The van der Waals surface area contributed by atoms with Gasteiger partial charge in [-0.15, -0.1) is 0 Å². The van der Waals surface area contributed by atoms with E-state index in [1.807, 2.05) is 0 Å². The average Bonchev–Trinajstić information content (AvgIpc) is 2.77. The standard InChI is InChI=1S/C28H30F4/c1-2-3-4-7-21-10-15-24(16-11-21)25-17-12-22(13-18-25)8-5-6-9-23-14-19-26(27(29)20-23)28(30,31)32/h5,8,10-11,14-16,19-20,22,25H,2-4,7,12-13,17-18H2,1H3/b8-5+. The molecule has 0 spiro atoms. The van der Waals surface area contributed by atoms with Gasteiger partial charge in [-0.05, 0) is 85.8 Å². The van der Waals surface area contributed by atoms with Crippen LogP contribution in [-0.4, -0.2) is 0 Å². The van der Waals surface area contributed by atoms with Crippen LogP contribution in [0.1, 0.15) is 80.0 Å². The number of hydrogen-bond donors (Lipinski definition) is 0.